The van der Waals surface area contributed by atoms with Gasteiger partial charge in [-0.15, -0.1) is 11.8 Å². The molecule has 0 aromatic heterocycles. The van der Waals surface area contributed by atoms with Crippen LogP contribution in [-0.4, -0.2) is 55.3 Å². The molecule has 0 unspecified atom stereocenters. The number of ether oxygens (including phenoxy) is 6. The number of hydrogen-bond acceptors (Lipinski definition) is 8. The molecular weight excluding hydrogens is 444 g/mol. The third-order valence-electron chi connectivity index (χ3n) is 5.59. The van der Waals surface area contributed by atoms with Crippen molar-refractivity contribution >= 4 is 17.7 Å². The van der Waals surface area contributed by atoms with Gasteiger partial charge in [-0.3, -0.25) is 4.79 Å². The van der Waals surface area contributed by atoms with Crippen LogP contribution < -0.4 is 4.74 Å². The maximum Gasteiger partial charge on any atom is 0.303 e. The number of carbonyl (C=O) groups excluding carboxylic acids is 1. The zero-order valence-corrected chi connectivity index (χ0v) is 19.9. The Morgan fingerprint density at radius 3 is 2.48 bits per heavy atom. The van der Waals surface area contributed by atoms with Crippen molar-refractivity contribution in [1.29, 1.82) is 0 Å². The van der Waals surface area contributed by atoms with Gasteiger partial charge in [-0.05, 0) is 23.4 Å². The van der Waals surface area contributed by atoms with Crippen LogP contribution in [0.25, 0.3) is 0 Å². The molecule has 2 fully saturated rings. The van der Waals surface area contributed by atoms with Crippen molar-refractivity contribution < 1.29 is 33.2 Å². The largest absolute Gasteiger partial charge is 0.497 e. The summed E-state index contributed by atoms with van der Waals surface area (Å²) < 4.78 is 36.0. The molecular formula is C25H30O7S. The van der Waals surface area contributed by atoms with Crippen molar-refractivity contribution in [1.82, 2.24) is 0 Å². The molecule has 2 saturated heterocycles. The Bertz CT molecular complexity index is 891. The Hall–Kier alpha value is -2.10. The lowest BCUT2D eigenvalue weighted by molar-refractivity contribution is -0.326. The van der Waals surface area contributed by atoms with Crippen molar-refractivity contribution in [3.05, 3.63) is 65.7 Å². The van der Waals surface area contributed by atoms with Gasteiger partial charge < -0.3 is 28.4 Å². The summed E-state index contributed by atoms with van der Waals surface area (Å²) in [7, 11) is 1.63. The van der Waals surface area contributed by atoms with E-state index < -0.39 is 24.6 Å². The topological polar surface area (TPSA) is 72.5 Å². The molecule has 0 spiro atoms. The summed E-state index contributed by atoms with van der Waals surface area (Å²) in [5.41, 5.74) is 1.52. The molecule has 6 atom stereocenters. The fourth-order valence-corrected chi connectivity index (χ4v) is 5.00. The monoisotopic (exact) mass is 474 g/mol. The predicted molar refractivity (Wildman–Crippen MR) is 124 cm³/mol. The molecule has 0 aliphatic carbocycles. The molecule has 0 saturated carbocycles. The van der Waals surface area contributed by atoms with Crippen LogP contribution in [0.1, 0.15) is 31.3 Å². The number of thioether (sulfide) groups is 1. The first-order chi connectivity index (χ1) is 16.1. The molecule has 0 N–H and O–H groups in total. The summed E-state index contributed by atoms with van der Waals surface area (Å²) in [6.07, 6.45) is -2.46. The molecule has 33 heavy (non-hydrogen) atoms. The summed E-state index contributed by atoms with van der Waals surface area (Å²) in [5.74, 6) is 1.20. The van der Waals surface area contributed by atoms with Gasteiger partial charge in [-0.2, -0.15) is 0 Å². The average Bonchev–Trinajstić information content (AvgIpc) is 2.84. The Kier molecular flexibility index (Phi) is 8.27. The van der Waals surface area contributed by atoms with Gasteiger partial charge in [0.25, 0.3) is 0 Å². The molecule has 2 heterocycles. The van der Waals surface area contributed by atoms with Gasteiger partial charge in [-0.1, -0.05) is 49.4 Å². The number of esters is 1. The van der Waals surface area contributed by atoms with E-state index in [4.69, 9.17) is 28.4 Å². The van der Waals surface area contributed by atoms with Crippen LogP contribution in [0, 0.1) is 0 Å². The third kappa shape index (κ3) is 5.88. The van der Waals surface area contributed by atoms with Crippen molar-refractivity contribution in [3.8, 4) is 5.75 Å². The van der Waals surface area contributed by atoms with E-state index in [9.17, 15) is 4.79 Å². The van der Waals surface area contributed by atoms with Gasteiger partial charge in [0, 0.05) is 12.5 Å². The van der Waals surface area contributed by atoms with Crippen LogP contribution in [0.5, 0.6) is 5.75 Å². The number of fused-ring (bicyclic) bond motifs is 1. The highest BCUT2D eigenvalue weighted by atomic mass is 32.2. The van der Waals surface area contributed by atoms with Crippen LogP contribution in [-0.2, 0) is 35.1 Å². The Labute approximate surface area is 198 Å². The van der Waals surface area contributed by atoms with E-state index in [1.54, 1.807) is 18.9 Å². The van der Waals surface area contributed by atoms with E-state index in [0.29, 0.717) is 13.2 Å². The Morgan fingerprint density at radius 1 is 1.06 bits per heavy atom. The molecule has 2 aliphatic heterocycles. The second-order valence-electron chi connectivity index (χ2n) is 7.87. The standard InChI is InChI=1S/C25H30O7S/c1-4-33-25-23(30-16(2)26)22(28-14-17-10-12-19(27-3)13-11-17)21-20(31-25)15-29-24(32-21)18-8-6-5-7-9-18/h5-13,20-25H,4,14-15H2,1-3H3/t20-,21-,22+,23-,24-,25+/m1/s1. The van der Waals surface area contributed by atoms with E-state index in [1.807, 2.05) is 61.5 Å². The summed E-state index contributed by atoms with van der Waals surface area (Å²) in [5, 5.41) is 0. The summed E-state index contributed by atoms with van der Waals surface area (Å²) in [6.45, 7) is 4.13. The predicted octanol–water partition coefficient (Wildman–Crippen LogP) is 4.10. The molecule has 2 aromatic rings. The van der Waals surface area contributed by atoms with E-state index in [2.05, 4.69) is 0 Å². The smallest absolute Gasteiger partial charge is 0.303 e. The second-order valence-corrected chi connectivity index (χ2v) is 9.25. The first-order valence-electron chi connectivity index (χ1n) is 11.1. The van der Waals surface area contributed by atoms with Crippen LogP contribution in [0.2, 0.25) is 0 Å². The molecule has 8 heteroatoms. The minimum atomic E-state index is -0.610. The molecule has 0 amide bonds. The van der Waals surface area contributed by atoms with E-state index in [1.165, 1.54) is 6.92 Å². The Balaban J connectivity index is 1.57. The van der Waals surface area contributed by atoms with Gasteiger partial charge in [-0.25, -0.2) is 0 Å². The zero-order valence-electron chi connectivity index (χ0n) is 19.0. The first-order valence-corrected chi connectivity index (χ1v) is 12.1. The van der Waals surface area contributed by atoms with Crippen LogP contribution in [0.15, 0.2) is 54.6 Å². The van der Waals surface area contributed by atoms with Crippen LogP contribution in [0.3, 0.4) is 0 Å². The molecule has 2 aromatic carbocycles. The lowest BCUT2D eigenvalue weighted by atomic mass is 9.98. The summed E-state index contributed by atoms with van der Waals surface area (Å²) in [6, 6.07) is 17.4. The average molecular weight is 475 g/mol. The lowest BCUT2D eigenvalue weighted by Crippen LogP contribution is -2.62. The fourth-order valence-electron chi connectivity index (χ4n) is 4.05. The highest BCUT2D eigenvalue weighted by molar-refractivity contribution is 7.99. The molecule has 0 bridgehead atoms. The van der Waals surface area contributed by atoms with Gasteiger partial charge in [0.1, 0.15) is 29.5 Å². The van der Waals surface area contributed by atoms with Gasteiger partial charge in [0.2, 0.25) is 0 Å². The quantitative estimate of drug-likeness (QED) is 0.530. The maximum atomic E-state index is 12.0. The molecule has 178 valence electrons. The highest BCUT2D eigenvalue weighted by Gasteiger charge is 2.52. The van der Waals surface area contributed by atoms with Crippen molar-refractivity contribution in [3.63, 3.8) is 0 Å². The maximum absolute atomic E-state index is 12.0. The van der Waals surface area contributed by atoms with Crippen LogP contribution in [0.4, 0.5) is 0 Å². The fraction of sp³-hybridized carbons (Fsp3) is 0.480. The highest BCUT2D eigenvalue weighted by Crippen LogP contribution is 2.39. The number of methoxy groups -OCH3 is 1. The minimum absolute atomic E-state index is 0.332. The minimum Gasteiger partial charge on any atom is -0.497 e. The Morgan fingerprint density at radius 2 is 1.82 bits per heavy atom. The van der Waals surface area contributed by atoms with E-state index in [0.717, 1.165) is 22.6 Å². The second kappa shape index (κ2) is 11.4. The van der Waals surface area contributed by atoms with E-state index >= 15 is 0 Å². The molecule has 7 nitrogen and oxygen atoms in total. The number of hydrogen-bond donors (Lipinski definition) is 0. The molecule has 4 rings (SSSR count). The number of carbonyl (C=O) groups is 1. The van der Waals surface area contributed by atoms with Crippen molar-refractivity contribution in [2.24, 2.45) is 0 Å². The van der Waals surface area contributed by atoms with Crippen molar-refractivity contribution in [2.75, 3.05) is 19.5 Å². The normalized spacial score (nSPS) is 29.2. The molecule has 0 radical (unpaired) electrons. The van der Waals surface area contributed by atoms with Gasteiger partial charge in [0.15, 0.2) is 12.4 Å². The van der Waals surface area contributed by atoms with Crippen LogP contribution >= 0.6 is 11.8 Å². The van der Waals surface area contributed by atoms with Gasteiger partial charge in [0.05, 0.1) is 20.3 Å². The molecule has 2 aliphatic rings. The lowest BCUT2D eigenvalue weighted by Gasteiger charge is -2.48. The van der Waals surface area contributed by atoms with E-state index in [-0.39, 0.29) is 17.5 Å². The summed E-state index contributed by atoms with van der Waals surface area (Å²) >= 11 is 1.58. The first kappa shape index (κ1) is 24.0. The zero-order chi connectivity index (χ0) is 23.2. The van der Waals surface area contributed by atoms with Gasteiger partial charge >= 0.3 is 5.97 Å². The van der Waals surface area contributed by atoms with Crippen molar-refractivity contribution in [2.45, 2.75) is 56.6 Å². The summed E-state index contributed by atoms with van der Waals surface area (Å²) in [4.78, 5) is 12.0. The SMILES string of the molecule is CCS[C@@H]1O[C@@H]2CO[C@@H](c3ccccc3)O[C@H]2[C@H](OCc2ccc(OC)cc2)[C@H]1OC(C)=O. The number of rotatable bonds is 8. The third-order valence-corrected chi connectivity index (χ3v) is 6.63. The number of benzene rings is 2.